The van der Waals surface area contributed by atoms with Gasteiger partial charge in [-0.3, -0.25) is 14.6 Å². The lowest BCUT2D eigenvalue weighted by atomic mass is 10.1. The van der Waals surface area contributed by atoms with Crippen LogP contribution in [0.4, 0.5) is 0 Å². The molecule has 0 unspecified atom stereocenters. The molecule has 0 saturated carbocycles. The first-order valence-corrected chi connectivity index (χ1v) is 6.35. The standard InChI is InChI=1S/C14H16N4O3/c1-18(14(20)11-7-17-13(19)8-16-11)12(9-21-2)10-5-3-4-6-15-10/h3-8,12H,9H2,1-2H3,(H,17,19)/t12-/m0/s1. The third-order valence-corrected chi connectivity index (χ3v) is 3.03. The molecular weight excluding hydrogens is 272 g/mol. The zero-order valence-electron chi connectivity index (χ0n) is 11.8. The lowest BCUT2D eigenvalue weighted by Gasteiger charge is -2.26. The van der Waals surface area contributed by atoms with Crippen LogP contribution in [0.15, 0.2) is 41.6 Å². The quantitative estimate of drug-likeness (QED) is 0.871. The number of pyridine rings is 1. The summed E-state index contributed by atoms with van der Waals surface area (Å²) >= 11 is 0. The molecule has 110 valence electrons. The number of nitrogens with zero attached hydrogens (tertiary/aromatic N) is 3. The van der Waals surface area contributed by atoms with Crippen molar-refractivity contribution in [3.8, 4) is 0 Å². The van der Waals surface area contributed by atoms with Gasteiger partial charge in [-0.25, -0.2) is 4.98 Å². The molecule has 1 amide bonds. The molecule has 7 heteroatoms. The Morgan fingerprint density at radius 3 is 2.81 bits per heavy atom. The van der Waals surface area contributed by atoms with Crippen molar-refractivity contribution < 1.29 is 9.53 Å². The van der Waals surface area contributed by atoms with Crippen LogP contribution in [-0.2, 0) is 4.74 Å². The molecule has 1 atom stereocenters. The summed E-state index contributed by atoms with van der Waals surface area (Å²) in [5.41, 5.74) is 0.529. The summed E-state index contributed by atoms with van der Waals surface area (Å²) < 4.78 is 5.17. The molecule has 0 aliphatic carbocycles. The summed E-state index contributed by atoms with van der Waals surface area (Å²) in [6.45, 7) is 0.308. The van der Waals surface area contributed by atoms with E-state index in [2.05, 4.69) is 15.0 Å². The number of amides is 1. The summed E-state index contributed by atoms with van der Waals surface area (Å²) in [7, 11) is 3.21. The van der Waals surface area contributed by atoms with Crippen molar-refractivity contribution in [2.24, 2.45) is 0 Å². The zero-order valence-corrected chi connectivity index (χ0v) is 11.8. The van der Waals surface area contributed by atoms with E-state index in [1.54, 1.807) is 26.4 Å². The van der Waals surface area contributed by atoms with Crippen LogP contribution in [-0.4, -0.2) is 46.5 Å². The van der Waals surface area contributed by atoms with E-state index < -0.39 is 0 Å². The molecule has 0 fully saturated rings. The lowest BCUT2D eigenvalue weighted by molar-refractivity contribution is 0.0589. The van der Waals surface area contributed by atoms with Crippen molar-refractivity contribution in [2.75, 3.05) is 20.8 Å². The number of aromatic nitrogens is 3. The first-order chi connectivity index (χ1) is 10.1. The van der Waals surface area contributed by atoms with Gasteiger partial charge < -0.3 is 14.6 Å². The van der Waals surface area contributed by atoms with E-state index >= 15 is 0 Å². The molecule has 0 bridgehead atoms. The smallest absolute Gasteiger partial charge is 0.274 e. The fourth-order valence-electron chi connectivity index (χ4n) is 1.91. The number of aromatic amines is 1. The fraction of sp³-hybridized carbons (Fsp3) is 0.286. The summed E-state index contributed by atoms with van der Waals surface area (Å²) in [6.07, 6.45) is 4.03. The van der Waals surface area contributed by atoms with E-state index in [-0.39, 0.29) is 23.2 Å². The van der Waals surface area contributed by atoms with Crippen LogP contribution in [0.3, 0.4) is 0 Å². The second-order valence-corrected chi connectivity index (χ2v) is 4.44. The number of hydrogen-bond donors (Lipinski definition) is 1. The van der Waals surface area contributed by atoms with Crippen LogP contribution in [0.25, 0.3) is 0 Å². The van der Waals surface area contributed by atoms with Gasteiger partial charge in [0.15, 0.2) is 0 Å². The van der Waals surface area contributed by atoms with Gasteiger partial charge in [-0.15, -0.1) is 0 Å². The maximum absolute atomic E-state index is 12.4. The molecule has 2 aromatic heterocycles. The zero-order chi connectivity index (χ0) is 15.2. The van der Waals surface area contributed by atoms with Crippen molar-refractivity contribution in [2.45, 2.75) is 6.04 Å². The average Bonchev–Trinajstić information content (AvgIpc) is 2.53. The summed E-state index contributed by atoms with van der Waals surface area (Å²) in [5, 5.41) is 0. The predicted octanol–water partition coefficient (Wildman–Crippen LogP) is 0.625. The van der Waals surface area contributed by atoms with Gasteiger partial charge in [0.1, 0.15) is 5.69 Å². The number of nitrogens with one attached hydrogen (secondary N) is 1. The molecule has 7 nitrogen and oxygen atoms in total. The van der Waals surface area contributed by atoms with Gasteiger partial charge in [-0.05, 0) is 12.1 Å². The van der Waals surface area contributed by atoms with Gasteiger partial charge in [0, 0.05) is 26.6 Å². The second kappa shape index (κ2) is 6.76. The Kier molecular flexibility index (Phi) is 4.78. The van der Waals surface area contributed by atoms with Crippen LogP contribution in [0, 0.1) is 0 Å². The van der Waals surface area contributed by atoms with E-state index in [0.29, 0.717) is 6.61 Å². The van der Waals surface area contributed by atoms with Gasteiger partial charge in [0.2, 0.25) is 0 Å². The third-order valence-electron chi connectivity index (χ3n) is 3.03. The topological polar surface area (TPSA) is 88.2 Å². The highest BCUT2D eigenvalue weighted by molar-refractivity contribution is 5.92. The van der Waals surface area contributed by atoms with Gasteiger partial charge in [0.25, 0.3) is 11.5 Å². The molecule has 2 heterocycles. The summed E-state index contributed by atoms with van der Waals surface area (Å²) in [4.78, 5) is 35.4. The van der Waals surface area contributed by atoms with Gasteiger partial charge in [-0.1, -0.05) is 6.07 Å². The Balaban J connectivity index is 2.26. The Bertz CT molecular complexity index is 636. The molecule has 2 rings (SSSR count). The van der Waals surface area contributed by atoms with Gasteiger partial charge in [0.05, 0.1) is 24.5 Å². The van der Waals surface area contributed by atoms with Crippen LogP contribution >= 0.6 is 0 Å². The number of ether oxygens (including phenoxy) is 1. The van der Waals surface area contributed by atoms with Crippen molar-refractivity contribution >= 4 is 5.91 Å². The molecule has 0 saturated heterocycles. The van der Waals surface area contributed by atoms with Gasteiger partial charge in [-0.2, -0.15) is 0 Å². The van der Waals surface area contributed by atoms with E-state index in [0.717, 1.165) is 11.9 Å². The molecule has 2 aromatic rings. The number of methoxy groups -OCH3 is 1. The van der Waals surface area contributed by atoms with Crippen molar-refractivity contribution in [1.29, 1.82) is 0 Å². The second-order valence-electron chi connectivity index (χ2n) is 4.44. The third kappa shape index (κ3) is 3.51. The molecule has 0 aliphatic heterocycles. The van der Waals surface area contributed by atoms with Crippen LogP contribution in [0.2, 0.25) is 0 Å². The highest BCUT2D eigenvalue weighted by Crippen LogP contribution is 2.18. The van der Waals surface area contributed by atoms with Crippen LogP contribution in [0.5, 0.6) is 0 Å². The Labute approximate surface area is 121 Å². The maximum Gasteiger partial charge on any atom is 0.274 e. The molecular formula is C14H16N4O3. The monoisotopic (exact) mass is 288 g/mol. The Morgan fingerprint density at radius 2 is 2.24 bits per heavy atom. The summed E-state index contributed by atoms with van der Waals surface area (Å²) in [6, 6.07) is 5.14. The minimum atomic E-state index is -0.354. The highest BCUT2D eigenvalue weighted by atomic mass is 16.5. The van der Waals surface area contributed by atoms with E-state index in [1.165, 1.54) is 11.1 Å². The van der Waals surface area contributed by atoms with Crippen LogP contribution < -0.4 is 5.56 Å². The van der Waals surface area contributed by atoms with Crippen molar-refractivity contribution in [3.63, 3.8) is 0 Å². The summed E-state index contributed by atoms with van der Waals surface area (Å²) in [5.74, 6) is -0.320. The Morgan fingerprint density at radius 1 is 1.43 bits per heavy atom. The maximum atomic E-state index is 12.4. The number of hydrogen-bond acceptors (Lipinski definition) is 5. The predicted molar refractivity (Wildman–Crippen MR) is 75.8 cm³/mol. The average molecular weight is 288 g/mol. The number of likely N-dealkylation sites (N-methyl/N-ethyl adjacent to an activating group) is 1. The Hall–Kier alpha value is -2.54. The molecule has 0 radical (unpaired) electrons. The van der Waals surface area contributed by atoms with E-state index in [1.807, 2.05) is 12.1 Å². The number of carbonyl (C=O) groups excluding carboxylic acids is 1. The van der Waals surface area contributed by atoms with Gasteiger partial charge >= 0.3 is 0 Å². The largest absolute Gasteiger partial charge is 0.382 e. The van der Waals surface area contributed by atoms with Crippen molar-refractivity contribution in [1.82, 2.24) is 19.9 Å². The lowest BCUT2D eigenvalue weighted by Crippen LogP contribution is -2.35. The SMILES string of the molecule is COC[C@@H](c1ccccn1)N(C)C(=O)c1c[nH]c(=O)cn1. The normalized spacial score (nSPS) is 11.9. The molecule has 0 aromatic carbocycles. The fourth-order valence-corrected chi connectivity index (χ4v) is 1.91. The molecule has 21 heavy (non-hydrogen) atoms. The van der Waals surface area contributed by atoms with Crippen LogP contribution in [0.1, 0.15) is 22.2 Å². The van der Waals surface area contributed by atoms with E-state index in [9.17, 15) is 9.59 Å². The van der Waals surface area contributed by atoms with E-state index in [4.69, 9.17) is 4.74 Å². The minimum Gasteiger partial charge on any atom is -0.382 e. The first kappa shape index (κ1) is 14.9. The minimum absolute atomic E-state index is 0.161. The first-order valence-electron chi connectivity index (χ1n) is 6.35. The molecule has 0 spiro atoms. The number of carbonyl (C=O) groups is 1. The highest BCUT2D eigenvalue weighted by Gasteiger charge is 2.24. The molecule has 1 N–H and O–H groups in total. The number of H-pyrrole nitrogens is 1. The van der Waals surface area contributed by atoms with Crippen molar-refractivity contribution in [3.05, 3.63) is 58.5 Å². The number of rotatable bonds is 5. The molecule has 0 aliphatic rings.